The number of para-hydroxylation sites is 2. The second-order valence-corrected chi connectivity index (χ2v) is 26.5. The Balaban J connectivity index is 1.20. The van der Waals surface area contributed by atoms with Gasteiger partial charge < -0.3 is 18.5 Å². The third-order valence-corrected chi connectivity index (χ3v) is 19.2. The zero-order valence-electron chi connectivity index (χ0n) is 43.5. The Labute approximate surface area is 422 Å². The van der Waals surface area contributed by atoms with Crippen molar-refractivity contribution in [3.8, 4) is 11.1 Å². The molecule has 14 rings (SSSR count). The average Bonchev–Trinajstić information content (AvgIpc) is 4.03. The van der Waals surface area contributed by atoms with Gasteiger partial charge in [-0.1, -0.05) is 131 Å². The first-order valence-corrected chi connectivity index (χ1v) is 26.9. The lowest BCUT2D eigenvalue weighted by Crippen LogP contribution is -2.60. The standard InChI is InChI=1S/C65H63BN2O2S/c1-36-31-43-45(64(9,10)29-27-62(43,5)6)34-48(36)67-49-33-41-39-17-13-15-19-50(39)70-59(41)56-55-47(25-26-52-54(55)40-18-14-16-20-51(40)69-52)68(38-23-21-37(22-24-38)61(2,3)4)66(57(49)56)60-58(67)42-32-44-46(35-53(42)71-60)65(11,12)30-28-63(44,7)8/h13-26,31-35H,27-30H2,1-12H3. The summed E-state index contributed by atoms with van der Waals surface area (Å²) in [5.74, 6) is 0. The Morgan fingerprint density at radius 2 is 1.13 bits per heavy atom. The number of anilines is 5. The van der Waals surface area contributed by atoms with E-state index in [1.165, 1.54) is 94.9 Å². The molecule has 3 aromatic heterocycles. The van der Waals surface area contributed by atoms with E-state index in [2.05, 4.69) is 208 Å². The molecule has 0 saturated carbocycles. The minimum Gasteiger partial charge on any atom is -0.456 e. The van der Waals surface area contributed by atoms with E-state index in [1.807, 2.05) is 11.3 Å². The molecule has 0 radical (unpaired) electrons. The van der Waals surface area contributed by atoms with E-state index in [4.69, 9.17) is 8.83 Å². The minimum atomic E-state index is -0.170. The Morgan fingerprint density at radius 3 is 1.79 bits per heavy atom. The molecule has 354 valence electrons. The topological polar surface area (TPSA) is 32.8 Å². The summed E-state index contributed by atoms with van der Waals surface area (Å²) in [6, 6.07) is 44.3. The number of thiophene rings is 1. The van der Waals surface area contributed by atoms with Crippen molar-refractivity contribution in [2.75, 3.05) is 9.71 Å². The van der Waals surface area contributed by atoms with Crippen LogP contribution in [0.5, 0.6) is 0 Å². The van der Waals surface area contributed by atoms with Crippen molar-refractivity contribution in [2.24, 2.45) is 0 Å². The molecule has 4 nitrogen and oxygen atoms in total. The van der Waals surface area contributed by atoms with E-state index in [-0.39, 0.29) is 33.9 Å². The molecule has 6 heteroatoms. The van der Waals surface area contributed by atoms with Crippen LogP contribution in [0.1, 0.15) is 135 Å². The molecule has 0 bridgehead atoms. The lowest BCUT2D eigenvalue weighted by molar-refractivity contribution is 0.332. The fourth-order valence-corrected chi connectivity index (χ4v) is 15.0. The van der Waals surface area contributed by atoms with Crippen molar-refractivity contribution in [1.82, 2.24) is 0 Å². The van der Waals surface area contributed by atoms with E-state index in [9.17, 15) is 0 Å². The van der Waals surface area contributed by atoms with Crippen molar-refractivity contribution in [3.05, 3.63) is 149 Å². The van der Waals surface area contributed by atoms with Crippen LogP contribution in [-0.2, 0) is 27.1 Å². The normalized spacial score (nSPS) is 18.3. The molecule has 7 aromatic carbocycles. The van der Waals surface area contributed by atoms with Crippen molar-refractivity contribution in [1.29, 1.82) is 0 Å². The van der Waals surface area contributed by atoms with Crippen LogP contribution in [0.2, 0.25) is 0 Å². The molecular formula is C65H63BN2O2S. The fraction of sp³-hybridized carbons (Fsp3) is 0.323. The number of nitrogens with zero attached hydrogens (tertiary/aromatic N) is 2. The summed E-state index contributed by atoms with van der Waals surface area (Å²) in [7, 11) is 0. The van der Waals surface area contributed by atoms with E-state index in [0.29, 0.717) is 0 Å². The number of rotatable bonds is 2. The third-order valence-electron chi connectivity index (χ3n) is 18.0. The summed E-state index contributed by atoms with van der Waals surface area (Å²) >= 11 is 2.01. The molecule has 71 heavy (non-hydrogen) atoms. The summed E-state index contributed by atoms with van der Waals surface area (Å²) in [6.07, 6.45) is 4.66. The maximum atomic E-state index is 7.30. The number of hydrogen-bond acceptors (Lipinski definition) is 5. The maximum absolute atomic E-state index is 7.30. The second-order valence-electron chi connectivity index (χ2n) is 25.4. The first kappa shape index (κ1) is 43.5. The molecule has 2 aliphatic carbocycles. The van der Waals surface area contributed by atoms with Crippen LogP contribution in [-0.4, -0.2) is 6.85 Å². The van der Waals surface area contributed by atoms with Gasteiger partial charge in [-0.25, -0.2) is 0 Å². The van der Waals surface area contributed by atoms with E-state index >= 15 is 0 Å². The lowest BCUT2D eigenvalue weighted by atomic mass is 9.46. The number of hydrogen-bond donors (Lipinski definition) is 0. The van der Waals surface area contributed by atoms with Gasteiger partial charge in [0, 0.05) is 70.3 Å². The molecule has 10 aromatic rings. The lowest BCUT2D eigenvalue weighted by Gasteiger charge is -2.46. The van der Waals surface area contributed by atoms with Crippen LogP contribution >= 0.6 is 11.3 Å². The number of fused-ring (bicyclic) bond motifs is 16. The first-order valence-electron chi connectivity index (χ1n) is 26.1. The van der Waals surface area contributed by atoms with Gasteiger partial charge in [0.15, 0.2) is 0 Å². The highest BCUT2D eigenvalue weighted by Crippen LogP contribution is 2.58. The van der Waals surface area contributed by atoms with Crippen molar-refractivity contribution in [2.45, 2.75) is 136 Å². The van der Waals surface area contributed by atoms with Crippen LogP contribution in [0, 0.1) is 6.92 Å². The van der Waals surface area contributed by atoms with Crippen molar-refractivity contribution in [3.63, 3.8) is 0 Å². The number of benzene rings is 7. The third kappa shape index (κ3) is 5.92. The highest BCUT2D eigenvalue weighted by molar-refractivity contribution is 7.32. The van der Waals surface area contributed by atoms with Crippen LogP contribution < -0.4 is 20.0 Å². The minimum absolute atomic E-state index is 0.00798. The Morgan fingerprint density at radius 1 is 0.535 bits per heavy atom. The van der Waals surface area contributed by atoms with Crippen LogP contribution in [0.25, 0.3) is 65.1 Å². The van der Waals surface area contributed by atoms with E-state index in [0.717, 1.165) is 68.0 Å². The summed E-state index contributed by atoms with van der Waals surface area (Å²) in [5.41, 5.74) is 22.2. The molecule has 5 heterocycles. The number of aryl methyl sites for hydroxylation is 1. The molecule has 0 spiro atoms. The quantitative estimate of drug-likeness (QED) is 0.162. The molecule has 0 atom stereocenters. The van der Waals surface area contributed by atoms with E-state index in [1.54, 1.807) is 0 Å². The van der Waals surface area contributed by atoms with Gasteiger partial charge in [-0.15, -0.1) is 11.3 Å². The molecule has 0 N–H and O–H groups in total. The van der Waals surface area contributed by atoms with Gasteiger partial charge in [-0.2, -0.15) is 0 Å². The number of furan rings is 2. The Bertz CT molecular complexity index is 3960. The fourth-order valence-electron chi connectivity index (χ4n) is 13.7. The second kappa shape index (κ2) is 14.0. The van der Waals surface area contributed by atoms with Crippen LogP contribution in [0.15, 0.2) is 124 Å². The molecule has 0 amide bonds. The zero-order chi connectivity index (χ0) is 49.1. The summed E-state index contributed by atoms with van der Waals surface area (Å²) in [6.45, 7) is 28.9. The van der Waals surface area contributed by atoms with Crippen molar-refractivity contribution >= 4 is 111 Å². The van der Waals surface area contributed by atoms with Gasteiger partial charge in [0.05, 0.1) is 5.69 Å². The first-order chi connectivity index (χ1) is 33.7. The molecule has 0 saturated heterocycles. The van der Waals surface area contributed by atoms with Gasteiger partial charge in [-0.05, 0) is 159 Å². The van der Waals surface area contributed by atoms with Crippen LogP contribution in [0.3, 0.4) is 0 Å². The van der Waals surface area contributed by atoms with Gasteiger partial charge in [0.2, 0.25) is 0 Å². The van der Waals surface area contributed by atoms with Crippen molar-refractivity contribution < 1.29 is 8.83 Å². The SMILES string of the molecule is Cc1cc2c(cc1N1c3cc4c(oc5ccccc54)c4c3B(c3sc5cc6c(cc5c31)C(C)(C)CCC6(C)C)N(c1ccc(C(C)(C)C)cc1)c1ccc3oc5ccccc5c3c1-4)C(C)(C)CCC2(C)C. The molecule has 2 aliphatic heterocycles. The van der Waals surface area contributed by atoms with Gasteiger partial charge in [0.25, 0.3) is 0 Å². The summed E-state index contributed by atoms with van der Waals surface area (Å²) in [4.78, 5) is 5.43. The monoisotopic (exact) mass is 946 g/mol. The molecular weight excluding hydrogens is 884 g/mol. The predicted molar refractivity (Wildman–Crippen MR) is 304 cm³/mol. The molecule has 0 fully saturated rings. The maximum Gasteiger partial charge on any atom is 0.343 e. The Hall–Kier alpha value is -6.24. The smallest absolute Gasteiger partial charge is 0.343 e. The van der Waals surface area contributed by atoms with Crippen LogP contribution in [0.4, 0.5) is 28.4 Å². The highest BCUT2D eigenvalue weighted by Gasteiger charge is 2.50. The predicted octanol–water partition coefficient (Wildman–Crippen LogP) is 17.7. The molecule has 4 aliphatic rings. The highest BCUT2D eigenvalue weighted by atomic mass is 32.1. The zero-order valence-corrected chi connectivity index (χ0v) is 44.3. The van der Waals surface area contributed by atoms with Gasteiger partial charge in [0.1, 0.15) is 22.3 Å². The summed E-state index contributed by atoms with van der Waals surface area (Å²) in [5, 5.41) is 5.86. The van der Waals surface area contributed by atoms with Gasteiger partial charge in [-0.3, -0.25) is 0 Å². The average molecular weight is 947 g/mol. The summed E-state index contributed by atoms with van der Waals surface area (Å²) < 4.78 is 16.8. The van der Waals surface area contributed by atoms with Gasteiger partial charge >= 0.3 is 6.85 Å². The Kier molecular flexibility index (Phi) is 8.61. The van der Waals surface area contributed by atoms with E-state index < -0.39 is 0 Å². The largest absolute Gasteiger partial charge is 0.456 e. The molecule has 0 unspecified atom stereocenters.